The Morgan fingerprint density at radius 2 is 1.94 bits per heavy atom. The second-order valence-corrected chi connectivity index (χ2v) is 8.53. The van der Waals surface area contributed by atoms with Gasteiger partial charge in [0.15, 0.2) is 0 Å². The van der Waals surface area contributed by atoms with E-state index in [1.807, 2.05) is 24.3 Å². The number of nitrogens with zero attached hydrogens (tertiary/aromatic N) is 1. The predicted octanol–water partition coefficient (Wildman–Crippen LogP) is 4.95. The van der Waals surface area contributed by atoms with Crippen molar-refractivity contribution in [2.75, 3.05) is 10.6 Å². The molecule has 0 radical (unpaired) electrons. The van der Waals surface area contributed by atoms with Crippen LogP contribution in [-0.4, -0.2) is 27.0 Å². The van der Waals surface area contributed by atoms with Crippen LogP contribution < -0.4 is 10.6 Å². The van der Waals surface area contributed by atoms with Crippen LogP contribution in [-0.2, 0) is 9.59 Å². The van der Waals surface area contributed by atoms with Gasteiger partial charge in [0.2, 0.25) is 11.8 Å². The molecule has 0 spiro atoms. The van der Waals surface area contributed by atoms with Gasteiger partial charge >= 0.3 is 0 Å². The molecule has 1 atom stereocenters. The first-order chi connectivity index (χ1) is 15.5. The Kier molecular flexibility index (Phi) is 5.10. The molecule has 5 rings (SSSR count). The molecule has 0 saturated carbocycles. The molecule has 0 fully saturated rings. The number of H-pyrrole nitrogens is 1. The van der Waals surface area contributed by atoms with Gasteiger partial charge in [0.1, 0.15) is 17.5 Å². The molecule has 2 heterocycles. The Morgan fingerprint density at radius 3 is 2.81 bits per heavy atom. The molecule has 0 bridgehead atoms. The number of hydrogen-bond acceptors (Lipinski definition) is 4. The number of halogens is 2. The number of hydrogen-bond donors (Lipinski definition) is 3. The van der Waals surface area contributed by atoms with Crippen LogP contribution in [0.4, 0.5) is 20.2 Å². The molecule has 2 amide bonds. The van der Waals surface area contributed by atoms with Crippen LogP contribution in [0, 0.1) is 11.6 Å². The lowest BCUT2D eigenvalue weighted by Gasteiger charge is -2.23. The van der Waals surface area contributed by atoms with Gasteiger partial charge in [-0.3, -0.25) is 9.59 Å². The maximum Gasteiger partial charge on any atom is 0.238 e. The van der Waals surface area contributed by atoms with Gasteiger partial charge in [0, 0.05) is 17.0 Å². The van der Waals surface area contributed by atoms with Crippen molar-refractivity contribution in [1.29, 1.82) is 0 Å². The molecule has 32 heavy (non-hydrogen) atoms. The highest BCUT2D eigenvalue weighted by atomic mass is 32.2. The first-order valence-corrected chi connectivity index (χ1v) is 10.7. The highest BCUT2D eigenvalue weighted by molar-refractivity contribution is 8.01. The van der Waals surface area contributed by atoms with Crippen molar-refractivity contribution < 1.29 is 18.4 Å². The number of carbonyl (C=O) groups excluding carboxylic acids is 2. The van der Waals surface area contributed by atoms with Crippen molar-refractivity contribution in [3.8, 4) is 11.4 Å². The molecule has 3 aromatic carbocycles. The molecule has 4 aromatic rings. The summed E-state index contributed by atoms with van der Waals surface area (Å²) >= 11 is 1.35. The van der Waals surface area contributed by atoms with E-state index >= 15 is 0 Å². The normalized spacial score (nSPS) is 15.3. The number of benzene rings is 3. The van der Waals surface area contributed by atoms with Gasteiger partial charge in [0.25, 0.3) is 0 Å². The predicted molar refractivity (Wildman–Crippen MR) is 119 cm³/mol. The Morgan fingerprint density at radius 1 is 1.09 bits per heavy atom. The fourth-order valence-electron chi connectivity index (χ4n) is 3.50. The molecule has 160 valence electrons. The van der Waals surface area contributed by atoms with Gasteiger partial charge < -0.3 is 15.6 Å². The fourth-order valence-corrected chi connectivity index (χ4v) is 4.61. The van der Waals surface area contributed by atoms with Gasteiger partial charge in [-0.1, -0.05) is 12.1 Å². The number of anilines is 2. The van der Waals surface area contributed by atoms with E-state index < -0.39 is 16.9 Å². The second-order valence-electron chi connectivity index (χ2n) is 7.29. The van der Waals surface area contributed by atoms with Crippen molar-refractivity contribution in [2.45, 2.75) is 16.6 Å². The Bertz CT molecular complexity index is 1370. The van der Waals surface area contributed by atoms with E-state index in [0.29, 0.717) is 16.7 Å². The van der Waals surface area contributed by atoms with Crippen LogP contribution in [0.15, 0.2) is 65.6 Å². The second kappa shape index (κ2) is 8.08. The molecular weight excluding hydrogens is 434 g/mol. The zero-order chi connectivity index (χ0) is 22.2. The molecule has 1 aliphatic heterocycles. The van der Waals surface area contributed by atoms with Crippen molar-refractivity contribution in [1.82, 2.24) is 9.97 Å². The highest BCUT2D eigenvalue weighted by Crippen LogP contribution is 2.36. The minimum Gasteiger partial charge on any atom is -0.338 e. The molecule has 0 aliphatic carbocycles. The number of carbonyl (C=O) groups is 2. The van der Waals surface area contributed by atoms with E-state index in [0.717, 1.165) is 28.8 Å². The topological polar surface area (TPSA) is 86.9 Å². The van der Waals surface area contributed by atoms with Gasteiger partial charge in [-0.2, -0.15) is 0 Å². The standard InChI is InChI=1S/C23H16F2N4O2S/c24-12-5-7-15(25)14(9-12)22-27-16-8-6-13(10-18(16)28-22)26-21(30)11-20-23(31)29-17-3-1-2-4-19(17)32-20/h1-10,20H,11H2,(H,26,30)(H,27,28)(H,29,31). The molecule has 9 heteroatoms. The number of amides is 2. The third-order valence-electron chi connectivity index (χ3n) is 5.03. The van der Waals surface area contributed by atoms with Crippen molar-refractivity contribution in [2.24, 2.45) is 0 Å². The Balaban J connectivity index is 1.32. The van der Waals surface area contributed by atoms with Gasteiger partial charge in [-0.15, -0.1) is 11.8 Å². The lowest BCUT2D eigenvalue weighted by Crippen LogP contribution is -2.32. The summed E-state index contributed by atoms with van der Waals surface area (Å²) in [5, 5.41) is 5.06. The lowest BCUT2D eigenvalue weighted by atomic mass is 10.2. The van der Waals surface area contributed by atoms with Crippen LogP contribution in [0.3, 0.4) is 0 Å². The summed E-state index contributed by atoms with van der Waals surface area (Å²) in [5.74, 6) is -1.50. The summed E-state index contributed by atoms with van der Waals surface area (Å²) < 4.78 is 27.6. The fraction of sp³-hybridized carbons (Fsp3) is 0.0870. The van der Waals surface area contributed by atoms with E-state index in [1.54, 1.807) is 18.2 Å². The average molecular weight is 450 g/mol. The zero-order valence-corrected chi connectivity index (χ0v) is 17.3. The zero-order valence-electron chi connectivity index (χ0n) is 16.5. The third-order valence-corrected chi connectivity index (χ3v) is 6.30. The van der Waals surface area contributed by atoms with E-state index in [4.69, 9.17) is 0 Å². The largest absolute Gasteiger partial charge is 0.338 e. The first kappa shape index (κ1) is 20.2. The minimum atomic E-state index is -0.594. The number of nitrogens with one attached hydrogen (secondary N) is 3. The molecule has 1 unspecified atom stereocenters. The summed E-state index contributed by atoms with van der Waals surface area (Å²) in [5.41, 5.74) is 2.36. The number of para-hydroxylation sites is 1. The van der Waals surface area contributed by atoms with E-state index in [1.165, 1.54) is 11.8 Å². The van der Waals surface area contributed by atoms with Crippen molar-refractivity contribution in [3.05, 3.63) is 72.3 Å². The van der Waals surface area contributed by atoms with E-state index in [9.17, 15) is 18.4 Å². The maximum absolute atomic E-state index is 14.1. The van der Waals surface area contributed by atoms with Crippen molar-refractivity contribution in [3.63, 3.8) is 0 Å². The van der Waals surface area contributed by atoms with Crippen LogP contribution in [0.2, 0.25) is 0 Å². The van der Waals surface area contributed by atoms with E-state index in [-0.39, 0.29) is 29.6 Å². The molecular formula is C23H16F2N4O2S. The number of aromatic nitrogens is 2. The van der Waals surface area contributed by atoms with Gasteiger partial charge in [-0.05, 0) is 48.5 Å². The minimum absolute atomic E-state index is 0.00556. The number of fused-ring (bicyclic) bond motifs is 2. The van der Waals surface area contributed by atoms with Gasteiger partial charge in [-0.25, -0.2) is 13.8 Å². The quantitative estimate of drug-likeness (QED) is 0.411. The maximum atomic E-state index is 14.1. The van der Waals surface area contributed by atoms with Gasteiger partial charge in [0.05, 0.1) is 27.5 Å². The monoisotopic (exact) mass is 450 g/mol. The first-order valence-electron chi connectivity index (χ1n) is 9.78. The Hall–Kier alpha value is -3.72. The summed E-state index contributed by atoms with van der Waals surface area (Å²) in [7, 11) is 0. The summed E-state index contributed by atoms with van der Waals surface area (Å²) in [6.07, 6.45) is 0.00556. The molecule has 3 N–H and O–H groups in total. The average Bonchev–Trinajstić information content (AvgIpc) is 3.19. The molecule has 1 aromatic heterocycles. The van der Waals surface area contributed by atoms with Crippen LogP contribution in [0.5, 0.6) is 0 Å². The summed E-state index contributed by atoms with van der Waals surface area (Å²) in [6, 6.07) is 15.6. The van der Waals surface area contributed by atoms with Crippen LogP contribution in [0.25, 0.3) is 22.4 Å². The van der Waals surface area contributed by atoms with Crippen LogP contribution >= 0.6 is 11.8 Å². The SMILES string of the molecule is O=C(CC1Sc2ccccc2NC1=O)Nc1ccc2nc(-c3cc(F)ccc3F)[nH]c2c1. The number of imidazole rings is 1. The summed E-state index contributed by atoms with van der Waals surface area (Å²) in [6.45, 7) is 0. The van der Waals surface area contributed by atoms with E-state index in [2.05, 4.69) is 20.6 Å². The summed E-state index contributed by atoms with van der Waals surface area (Å²) in [4.78, 5) is 33.1. The highest BCUT2D eigenvalue weighted by Gasteiger charge is 2.28. The van der Waals surface area contributed by atoms with Crippen molar-refractivity contribution >= 4 is 46.0 Å². The number of rotatable bonds is 4. The van der Waals surface area contributed by atoms with Crippen LogP contribution in [0.1, 0.15) is 6.42 Å². The Labute approximate surface area is 185 Å². The molecule has 1 aliphatic rings. The third kappa shape index (κ3) is 3.94. The number of thioether (sulfide) groups is 1. The molecule has 0 saturated heterocycles. The smallest absolute Gasteiger partial charge is 0.238 e. The molecule has 6 nitrogen and oxygen atoms in total. The number of aromatic amines is 1. The lowest BCUT2D eigenvalue weighted by molar-refractivity contribution is -0.120.